The summed E-state index contributed by atoms with van der Waals surface area (Å²) in [6.07, 6.45) is 3.21. The highest BCUT2D eigenvalue weighted by molar-refractivity contribution is 5.91. The number of hydrogen-bond acceptors (Lipinski definition) is 4. The van der Waals surface area contributed by atoms with E-state index in [0.717, 1.165) is 0 Å². The fourth-order valence-corrected chi connectivity index (χ4v) is 0.882. The van der Waals surface area contributed by atoms with Crippen LogP contribution in [-0.2, 0) is 9.53 Å². The van der Waals surface area contributed by atoms with E-state index in [9.17, 15) is 4.79 Å². The average Bonchev–Trinajstić information content (AvgIpc) is 2.20. The highest BCUT2D eigenvalue weighted by Gasteiger charge is 2.00. The second-order valence-corrected chi connectivity index (χ2v) is 2.63. The zero-order chi connectivity index (χ0) is 10.2. The van der Waals surface area contributed by atoms with E-state index in [1.54, 1.807) is 24.5 Å². The molecular weight excluding hydrogens is 182 g/mol. The third kappa shape index (κ3) is 3.97. The molecule has 3 N–H and O–H groups in total. The van der Waals surface area contributed by atoms with Gasteiger partial charge in [0.2, 0.25) is 5.91 Å². The summed E-state index contributed by atoms with van der Waals surface area (Å²) >= 11 is 0. The molecule has 1 amide bonds. The van der Waals surface area contributed by atoms with Crippen molar-refractivity contribution in [3.8, 4) is 0 Å². The molecule has 14 heavy (non-hydrogen) atoms. The van der Waals surface area contributed by atoms with Gasteiger partial charge in [-0.3, -0.25) is 9.78 Å². The number of carbonyl (C=O) groups excluding carboxylic acids is 1. The lowest BCUT2D eigenvalue weighted by Gasteiger charge is -2.04. The smallest absolute Gasteiger partial charge is 0.250 e. The zero-order valence-corrected chi connectivity index (χ0v) is 7.77. The van der Waals surface area contributed by atoms with Gasteiger partial charge in [0.15, 0.2) is 0 Å². The number of rotatable bonds is 5. The third-order valence-corrected chi connectivity index (χ3v) is 1.44. The van der Waals surface area contributed by atoms with Crippen molar-refractivity contribution in [3.63, 3.8) is 0 Å². The van der Waals surface area contributed by atoms with Crippen molar-refractivity contribution in [1.82, 2.24) is 4.98 Å². The number of aromatic nitrogens is 1. The Morgan fingerprint density at radius 3 is 3.14 bits per heavy atom. The van der Waals surface area contributed by atoms with Crippen LogP contribution in [-0.4, -0.2) is 30.6 Å². The molecule has 1 rings (SSSR count). The van der Waals surface area contributed by atoms with Gasteiger partial charge < -0.3 is 15.8 Å². The van der Waals surface area contributed by atoms with Crippen LogP contribution in [0.1, 0.15) is 0 Å². The zero-order valence-electron chi connectivity index (χ0n) is 7.77. The summed E-state index contributed by atoms with van der Waals surface area (Å²) in [4.78, 5) is 15.0. The topological polar surface area (TPSA) is 77.2 Å². The van der Waals surface area contributed by atoms with Crippen LogP contribution in [0.5, 0.6) is 0 Å². The molecule has 5 heteroatoms. The minimum Gasteiger partial charge on any atom is -0.370 e. The Kier molecular flexibility index (Phi) is 4.60. The Bertz CT molecular complexity index is 277. The molecule has 0 fully saturated rings. The quantitative estimate of drug-likeness (QED) is 0.648. The van der Waals surface area contributed by atoms with E-state index in [-0.39, 0.29) is 12.5 Å². The summed E-state index contributed by atoms with van der Waals surface area (Å²) in [5, 5.41) is 2.63. The molecule has 0 saturated carbocycles. The molecule has 1 heterocycles. The maximum Gasteiger partial charge on any atom is 0.250 e. The number of nitrogens with zero attached hydrogens (tertiary/aromatic N) is 1. The number of nitrogens with two attached hydrogens (primary N) is 1. The van der Waals surface area contributed by atoms with Gasteiger partial charge in [-0.1, -0.05) is 0 Å². The Morgan fingerprint density at radius 1 is 1.64 bits per heavy atom. The van der Waals surface area contributed by atoms with Gasteiger partial charge in [-0.05, 0) is 12.1 Å². The van der Waals surface area contributed by atoms with E-state index in [0.29, 0.717) is 18.8 Å². The van der Waals surface area contributed by atoms with E-state index in [2.05, 4.69) is 10.3 Å². The highest BCUT2D eigenvalue weighted by atomic mass is 16.5. The molecule has 76 valence electrons. The summed E-state index contributed by atoms with van der Waals surface area (Å²) in [6, 6.07) is 3.50. The van der Waals surface area contributed by atoms with Gasteiger partial charge in [0.05, 0.1) is 18.5 Å². The molecule has 0 atom stereocenters. The van der Waals surface area contributed by atoms with Gasteiger partial charge >= 0.3 is 0 Å². The van der Waals surface area contributed by atoms with Gasteiger partial charge in [-0.15, -0.1) is 0 Å². The summed E-state index contributed by atoms with van der Waals surface area (Å²) in [6.45, 7) is 0.826. The Hall–Kier alpha value is -1.46. The van der Waals surface area contributed by atoms with Crippen molar-refractivity contribution in [2.24, 2.45) is 5.73 Å². The number of pyridine rings is 1. The predicted octanol–water partition coefficient (Wildman–Crippen LogP) is -0.00460. The van der Waals surface area contributed by atoms with Crippen LogP contribution in [0.25, 0.3) is 0 Å². The van der Waals surface area contributed by atoms with Gasteiger partial charge in [0.25, 0.3) is 0 Å². The first-order valence-electron chi connectivity index (χ1n) is 4.30. The number of ether oxygens (including phenoxy) is 1. The summed E-state index contributed by atoms with van der Waals surface area (Å²) < 4.78 is 4.96. The van der Waals surface area contributed by atoms with Crippen molar-refractivity contribution < 1.29 is 9.53 Å². The van der Waals surface area contributed by atoms with E-state index < -0.39 is 0 Å². The molecular formula is C9H13N3O2. The SMILES string of the molecule is NCCOCC(=O)Nc1cccnc1. The monoisotopic (exact) mass is 195 g/mol. The van der Waals surface area contributed by atoms with Crippen LogP contribution in [0.3, 0.4) is 0 Å². The normalized spacial score (nSPS) is 9.79. The van der Waals surface area contributed by atoms with Gasteiger partial charge in [0.1, 0.15) is 6.61 Å². The maximum absolute atomic E-state index is 11.2. The molecule has 0 spiro atoms. The Labute approximate surface area is 82.3 Å². The van der Waals surface area contributed by atoms with Crippen LogP contribution in [0.15, 0.2) is 24.5 Å². The molecule has 0 bridgehead atoms. The van der Waals surface area contributed by atoms with E-state index in [4.69, 9.17) is 10.5 Å². The number of carbonyl (C=O) groups is 1. The maximum atomic E-state index is 11.2. The molecule has 0 radical (unpaired) electrons. The summed E-state index contributed by atoms with van der Waals surface area (Å²) in [7, 11) is 0. The second-order valence-electron chi connectivity index (χ2n) is 2.63. The lowest BCUT2D eigenvalue weighted by molar-refractivity contribution is -0.120. The van der Waals surface area contributed by atoms with Gasteiger partial charge in [0, 0.05) is 12.7 Å². The van der Waals surface area contributed by atoms with Crippen LogP contribution in [0.4, 0.5) is 5.69 Å². The fourth-order valence-electron chi connectivity index (χ4n) is 0.882. The predicted molar refractivity (Wildman–Crippen MR) is 52.7 cm³/mol. The Morgan fingerprint density at radius 2 is 2.50 bits per heavy atom. The molecule has 0 aliphatic rings. The first kappa shape index (κ1) is 10.6. The molecule has 1 aromatic rings. The number of anilines is 1. The fraction of sp³-hybridized carbons (Fsp3) is 0.333. The van der Waals surface area contributed by atoms with Crippen LogP contribution < -0.4 is 11.1 Å². The molecule has 0 aliphatic heterocycles. The lowest BCUT2D eigenvalue weighted by Crippen LogP contribution is -2.20. The van der Waals surface area contributed by atoms with Gasteiger partial charge in [-0.2, -0.15) is 0 Å². The average molecular weight is 195 g/mol. The Balaban J connectivity index is 2.27. The minimum atomic E-state index is -0.202. The first-order chi connectivity index (χ1) is 6.83. The molecule has 0 aromatic carbocycles. The molecule has 0 unspecified atom stereocenters. The minimum absolute atomic E-state index is 0.0199. The van der Waals surface area contributed by atoms with Gasteiger partial charge in [-0.25, -0.2) is 0 Å². The van der Waals surface area contributed by atoms with Crippen molar-refractivity contribution in [2.45, 2.75) is 0 Å². The van der Waals surface area contributed by atoms with Crippen LogP contribution >= 0.6 is 0 Å². The molecule has 0 aliphatic carbocycles. The summed E-state index contributed by atoms with van der Waals surface area (Å²) in [5.74, 6) is -0.202. The number of amides is 1. The largest absolute Gasteiger partial charge is 0.370 e. The van der Waals surface area contributed by atoms with E-state index in [1.165, 1.54) is 0 Å². The lowest BCUT2D eigenvalue weighted by atomic mass is 10.4. The molecule has 1 aromatic heterocycles. The molecule has 0 saturated heterocycles. The van der Waals surface area contributed by atoms with Crippen molar-refractivity contribution >= 4 is 11.6 Å². The van der Waals surface area contributed by atoms with Crippen molar-refractivity contribution in [3.05, 3.63) is 24.5 Å². The standard InChI is InChI=1S/C9H13N3O2/c10-3-5-14-7-9(13)12-8-2-1-4-11-6-8/h1-2,4,6H,3,5,7,10H2,(H,12,13). The highest BCUT2D eigenvalue weighted by Crippen LogP contribution is 2.01. The van der Waals surface area contributed by atoms with Crippen LogP contribution in [0, 0.1) is 0 Å². The molecule has 5 nitrogen and oxygen atoms in total. The first-order valence-corrected chi connectivity index (χ1v) is 4.30. The second kappa shape index (κ2) is 6.06. The number of hydrogen-bond donors (Lipinski definition) is 2. The number of nitrogens with one attached hydrogen (secondary N) is 1. The summed E-state index contributed by atoms with van der Waals surface area (Å²) in [5.41, 5.74) is 5.86. The van der Waals surface area contributed by atoms with E-state index >= 15 is 0 Å². The van der Waals surface area contributed by atoms with Crippen LogP contribution in [0.2, 0.25) is 0 Å². The van der Waals surface area contributed by atoms with E-state index in [1.807, 2.05) is 0 Å². The van der Waals surface area contributed by atoms with Crippen molar-refractivity contribution in [1.29, 1.82) is 0 Å². The third-order valence-electron chi connectivity index (χ3n) is 1.44. The van der Waals surface area contributed by atoms with Crippen molar-refractivity contribution in [2.75, 3.05) is 25.1 Å².